The molecule has 0 aromatic carbocycles. The number of furan rings is 1. The van der Waals surface area contributed by atoms with Crippen molar-refractivity contribution in [2.75, 3.05) is 25.4 Å². The third-order valence-electron chi connectivity index (χ3n) is 4.23. The van der Waals surface area contributed by atoms with E-state index in [4.69, 9.17) is 4.42 Å². The van der Waals surface area contributed by atoms with Crippen LogP contribution in [0, 0.1) is 0 Å². The number of likely N-dealkylation sites (tertiary alicyclic amines) is 1. The van der Waals surface area contributed by atoms with Crippen molar-refractivity contribution in [3.05, 3.63) is 29.9 Å². The maximum Gasteiger partial charge on any atom is 0.287 e. The van der Waals surface area contributed by atoms with Gasteiger partial charge in [-0.2, -0.15) is 10.3 Å². The quantitative estimate of drug-likeness (QED) is 0.590. The van der Waals surface area contributed by atoms with E-state index in [0.717, 1.165) is 29.6 Å². The molecule has 1 fully saturated rings. The van der Waals surface area contributed by atoms with Gasteiger partial charge in [-0.1, -0.05) is 6.42 Å². The fourth-order valence-corrected chi connectivity index (χ4v) is 3.50. The Morgan fingerprint density at radius 2 is 2.25 bits per heavy atom. The summed E-state index contributed by atoms with van der Waals surface area (Å²) < 4.78 is 5.78. The molecule has 8 heteroatoms. The van der Waals surface area contributed by atoms with E-state index < -0.39 is 0 Å². The molecule has 2 aromatic rings. The summed E-state index contributed by atoms with van der Waals surface area (Å²) in [5.74, 6) is 1.79. The van der Waals surface area contributed by atoms with Crippen molar-refractivity contribution >= 4 is 17.7 Å². The molecule has 1 amide bonds. The molecule has 130 valence electrons. The van der Waals surface area contributed by atoms with Crippen LogP contribution in [0.3, 0.4) is 0 Å². The lowest BCUT2D eigenvalue weighted by Gasteiger charge is -2.31. The van der Waals surface area contributed by atoms with Gasteiger partial charge in [0.25, 0.3) is 5.91 Å². The third-order valence-corrected chi connectivity index (χ3v) is 5.13. The van der Waals surface area contributed by atoms with Gasteiger partial charge in [-0.25, -0.2) is 0 Å². The number of carbonyl (C=O) groups excluding carboxylic acids is 1. The molecule has 2 aromatic heterocycles. The Morgan fingerprint density at radius 3 is 3.00 bits per heavy atom. The highest BCUT2D eigenvalue weighted by Crippen LogP contribution is 2.25. The zero-order chi connectivity index (χ0) is 16.8. The Hall–Kier alpha value is -1.80. The molecule has 1 aliphatic heterocycles. The van der Waals surface area contributed by atoms with E-state index in [2.05, 4.69) is 32.6 Å². The minimum absolute atomic E-state index is 0.173. The third kappa shape index (κ3) is 4.39. The SMILES string of the molecule is C[C@H](c1ccc(C(=O)NCCSc2cn[nH]n2)o1)N1CCCCC1. The van der Waals surface area contributed by atoms with Crippen molar-refractivity contribution in [3.8, 4) is 0 Å². The summed E-state index contributed by atoms with van der Waals surface area (Å²) in [4.78, 5) is 14.6. The van der Waals surface area contributed by atoms with Gasteiger partial charge in [-0.15, -0.1) is 16.9 Å². The van der Waals surface area contributed by atoms with Crippen LogP contribution in [0.4, 0.5) is 0 Å². The number of hydrogen-bond donors (Lipinski definition) is 2. The second-order valence-electron chi connectivity index (χ2n) is 5.89. The standard InChI is InChI=1S/C16H23N5O2S/c1-12(21-8-3-2-4-9-21)13-5-6-14(23-13)16(22)17-7-10-24-15-11-18-20-19-15/h5-6,11-12H,2-4,7-10H2,1H3,(H,17,22)(H,18,19,20)/t12-/m1/s1. The van der Waals surface area contributed by atoms with Crippen LogP contribution >= 0.6 is 11.8 Å². The van der Waals surface area contributed by atoms with Crippen molar-refractivity contribution in [3.63, 3.8) is 0 Å². The number of nitrogens with one attached hydrogen (secondary N) is 2. The monoisotopic (exact) mass is 349 g/mol. The van der Waals surface area contributed by atoms with Gasteiger partial charge in [0.2, 0.25) is 0 Å². The van der Waals surface area contributed by atoms with Crippen molar-refractivity contribution < 1.29 is 9.21 Å². The van der Waals surface area contributed by atoms with Gasteiger partial charge in [0.15, 0.2) is 5.76 Å². The molecule has 1 saturated heterocycles. The van der Waals surface area contributed by atoms with Crippen LogP contribution in [-0.4, -0.2) is 51.6 Å². The molecule has 0 unspecified atom stereocenters. The number of aromatic amines is 1. The lowest BCUT2D eigenvalue weighted by atomic mass is 10.1. The fraction of sp³-hybridized carbons (Fsp3) is 0.562. The van der Waals surface area contributed by atoms with Gasteiger partial charge in [0.1, 0.15) is 10.8 Å². The minimum Gasteiger partial charge on any atom is -0.454 e. The number of carbonyl (C=O) groups is 1. The largest absolute Gasteiger partial charge is 0.454 e. The van der Waals surface area contributed by atoms with Crippen LogP contribution in [0.5, 0.6) is 0 Å². The van der Waals surface area contributed by atoms with E-state index >= 15 is 0 Å². The van der Waals surface area contributed by atoms with E-state index in [1.165, 1.54) is 31.0 Å². The Bertz CT molecular complexity index is 637. The number of aromatic nitrogens is 3. The van der Waals surface area contributed by atoms with Crippen molar-refractivity contribution in [1.82, 2.24) is 25.6 Å². The Kier molecular flexibility index (Phi) is 5.92. The number of amides is 1. The number of H-pyrrole nitrogens is 1. The molecular formula is C16H23N5O2S. The lowest BCUT2D eigenvalue weighted by Crippen LogP contribution is -2.32. The summed E-state index contributed by atoms with van der Waals surface area (Å²) in [5.41, 5.74) is 0. The van der Waals surface area contributed by atoms with Crippen molar-refractivity contribution in [2.24, 2.45) is 0 Å². The first-order chi connectivity index (χ1) is 11.7. The first kappa shape index (κ1) is 17.0. The number of piperidine rings is 1. The summed E-state index contributed by atoms with van der Waals surface area (Å²) in [6, 6.07) is 3.89. The van der Waals surface area contributed by atoms with E-state index in [1.807, 2.05) is 6.07 Å². The van der Waals surface area contributed by atoms with E-state index in [9.17, 15) is 4.79 Å². The second kappa shape index (κ2) is 8.34. The van der Waals surface area contributed by atoms with Crippen LogP contribution in [-0.2, 0) is 0 Å². The summed E-state index contributed by atoms with van der Waals surface area (Å²) in [6.07, 6.45) is 5.44. The molecule has 0 radical (unpaired) electrons. The maximum atomic E-state index is 12.2. The van der Waals surface area contributed by atoms with Crippen LogP contribution in [0.25, 0.3) is 0 Å². The lowest BCUT2D eigenvalue weighted by molar-refractivity contribution is 0.0919. The average Bonchev–Trinajstić information content (AvgIpc) is 3.30. The predicted octanol–water partition coefficient (Wildman–Crippen LogP) is 2.47. The van der Waals surface area contributed by atoms with Gasteiger partial charge in [0, 0.05) is 12.3 Å². The Labute approximate surface area is 145 Å². The first-order valence-corrected chi connectivity index (χ1v) is 9.33. The molecule has 1 aliphatic rings. The highest BCUT2D eigenvalue weighted by molar-refractivity contribution is 7.99. The number of hydrogen-bond acceptors (Lipinski definition) is 6. The van der Waals surface area contributed by atoms with Crippen LogP contribution in [0.2, 0.25) is 0 Å². The molecular weight excluding hydrogens is 326 g/mol. The molecule has 0 bridgehead atoms. The molecule has 3 heterocycles. The molecule has 1 atom stereocenters. The topological polar surface area (TPSA) is 87.0 Å². The maximum absolute atomic E-state index is 12.2. The smallest absolute Gasteiger partial charge is 0.287 e. The first-order valence-electron chi connectivity index (χ1n) is 8.34. The normalized spacial score (nSPS) is 16.9. The summed E-state index contributed by atoms with van der Waals surface area (Å²) >= 11 is 1.54. The van der Waals surface area contributed by atoms with Crippen LogP contribution in [0.1, 0.15) is 48.5 Å². The van der Waals surface area contributed by atoms with Gasteiger partial charge in [-0.3, -0.25) is 9.69 Å². The van der Waals surface area contributed by atoms with Crippen LogP contribution < -0.4 is 5.32 Å². The predicted molar refractivity (Wildman–Crippen MR) is 92.0 cm³/mol. The summed E-state index contributed by atoms with van der Waals surface area (Å²) in [6.45, 7) is 4.89. The molecule has 3 rings (SSSR count). The highest BCUT2D eigenvalue weighted by Gasteiger charge is 2.22. The number of rotatable bonds is 7. The number of thioether (sulfide) groups is 1. The van der Waals surface area contributed by atoms with Gasteiger partial charge in [-0.05, 0) is 45.0 Å². The van der Waals surface area contributed by atoms with Crippen molar-refractivity contribution in [2.45, 2.75) is 37.3 Å². The van der Waals surface area contributed by atoms with E-state index in [-0.39, 0.29) is 11.9 Å². The zero-order valence-electron chi connectivity index (χ0n) is 13.8. The van der Waals surface area contributed by atoms with Gasteiger partial charge >= 0.3 is 0 Å². The summed E-state index contributed by atoms with van der Waals surface area (Å²) in [7, 11) is 0. The molecule has 0 aliphatic carbocycles. The second-order valence-corrected chi connectivity index (χ2v) is 7.00. The van der Waals surface area contributed by atoms with E-state index in [1.54, 1.807) is 12.3 Å². The molecule has 0 spiro atoms. The molecule has 7 nitrogen and oxygen atoms in total. The zero-order valence-corrected chi connectivity index (χ0v) is 14.6. The average molecular weight is 349 g/mol. The molecule has 0 saturated carbocycles. The van der Waals surface area contributed by atoms with E-state index in [0.29, 0.717) is 12.3 Å². The Morgan fingerprint density at radius 1 is 1.42 bits per heavy atom. The van der Waals surface area contributed by atoms with Gasteiger partial charge < -0.3 is 9.73 Å². The molecule has 24 heavy (non-hydrogen) atoms. The Balaban J connectivity index is 1.46. The molecule has 2 N–H and O–H groups in total. The minimum atomic E-state index is -0.173. The highest BCUT2D eigenvalue weighted by atomic mass is 32.2. The number of nitrogens with zero attached hydrogens (tertiary/aromatic N) is 3. The fourth-order valence-electron chi connectivity index (χ4n) is 2.85. The van der Waals surface area contributed by atoms with Gasteiger partial charge in [0.05, 0.1) is 12.2 Å². The summed E-state index contributed by atoms with van der Waals surface area (Å²) in [5, 5.41) is 13.9. The van der Waals surface area contributed by atoms with Crippen molar-refractivity contribution in [1.29, 1.82) is 0 Å². The van der Waals surface area contributed by atoms with Crippen LogP contribution in [0.15, 0.2) is 27.8 Å².